The molecule has 0 radical (unpaired) electrons. The summed E-state index contributed by atoms with van der Waals surface area (Å²) >= 11 is 0. The highest BCUT2D eigenvalue weighted by Crippen LogP contribution is 2.38. The van der Waals surface area contributed by atoms with E-state index in [1.165, 1.54) is 0 Å². The highest BCUT2D eigenvalue weighted by molar-refractivity contribution is 7.46. The summed E-state index contributed by atoms with van der Waals surface area (Å²) in [6, 6.07) is 0. The molecule has 17 heavy (non-hydrogen) atoms. The van der Waals surface area contributed by atoms with Crippen LogP contribution >= 0.6 is 15.6 Å². The molecule has 10 nitrogen and oxygen atoms in total. The summed E-state index contributed by atoms with van der Waals surface area (Å²) in [6.45, 7) is -1.84. The van der Waals surface area contributed by atoms with Crippen LogP contribution in [0.1, 0.15) is 0 Å². The number of phosphoric ester groups is 2. The maximum atomic E-state index is 10.4. The van der Waals surface area contributed by atoms with Gasteiger partial charge in [-0.05, 0) is 0 Å². The van der Waals surface area contributed by atoms with Crippen molar-refractivity contribution in [1.82, 2.24) is 0 Å². The molecule has 0 aliphatic carbocycles. The molecule has 0 spiro atoms. The van der Waals surface area contributed by atoms with Crippen LogP contribution in [0.2, 0.25) is 0 Å². The van der Waals surface area contributed by atoms with Gasteiger partial charge in [0.1, 0.15) is 6.10 Å². The quantitative estimate of drug-likeness (QED) is 0.319. The van der Waals surface area contributed by atoms with Crippen LogP contribution in [-0.4, -0.2) is 57.2 Å². The molecule has 0 aromatic carbocycles. The monoisotopic (exact) mass is 296 g/mol. The van der Waals surface area contributed by atoms with Crippen molar-refractivity contribution in [3.05, 3.63) is 0 Å². The topological polar surface area (TPSA) is 163 Å². The third-order valence-electron chi connectivity index (χ3n) is 1.30. The molecule has 0 aromatic heterocycles. The molecular weight excluding hydrogens is 282 g/mol. The van der Waals surface area contributed by atoms with Gasteiger partial charge in [-0.1, -0.05) is 0 Å². The van der Waals surface area contributed by atoms with E-state index >= 15 is 0 Å². The normalized spacial score (nSPS) is 13.3. The Hall–Kier alpha value is 0.140. The van der Waals surface area contributed by atoms with E-state index in [9.17, 15) is 9.13 Å². The maximum absolute atomic E-state index is 10.4. The third kappa shape index (κ3) is 12.4. The Bertz CT molecular complexity index is 267. The Kier molecular flexibility index (Phi) is 7.61. The Morgan fingerprint density at radius 2 is 1.35 bits per heavy atom. The van der Waals surface area contributed by atoms with Gasteiger partial charge in [-0.3, -0.25) is 9.05 Å². The molecule has 0 aliphatic rings. The minimum atomic E-state index is -4.71. The van der Waals surface area contributed by atoms with E-state index in [4.69, 9.17) is 29.4 Å². The second-order valence-electron chi connectivity index (χ2n) is 2.79. The lowest BCUT2D eigenvalue weighted by Gasteiger charge is -2.17. The molecule has 0 unspecified atom stereocenters. The van der Waals surface area contributed by atoms with Crippen LogP contribution in [0.3, 0.4) is 0 Å². The van der Waals surface area contributed by atoms with E-state index in [0.717, 1.165) is 0 Å². The number of hydrogen-bond donors (Lipinski definition) is 5. The summed E-state index contributed by atoms with van der Waals surface area (Å²) in [7, 11) is -9.42. The van der Waals surface area contributed by atoms with E-state index in [1.807, 2.05) is 0 Å². The minimum Gasteiger partial charge on any atom is -0.394 e. The predicted molar refractivity (Wildman–Crippen MR) is 52.8 cm³/mol. The molecule has 0 fully saturated rings. The van der Waals surface area contributed by atoms with Crippen molar-refractivity contribution in [3.63, 3.8) is 0 Å². The van der Waals surface area contributed by atoms with Crippen molar-refractivity contribution in [2.75, 3.05) is 26.4 Å². The molecule has 0 amide bonds. The molecular formula is C5H14O10P2. The summed E-state index contributed by atoms with van der Waals surface area (Å²) in [5, 5.41) is 8.46. The van der Waals surface area contributed by atoms with E-state index < -0.39 is 35.0 Å². The minimum absolute atomic E-state index is 0.195. The molecule has 12 heteroatoms. The maximum Gasteiger partial charge on any atom is 0.469 e. The van der Waals surface area contributed by atoms with Crippen molar-refractivity contribution >= 4 is 15.6 Å². The molecule has 0 heterocycles. The first-order valence-corrected chi connectivity index (χ1v) is 7.33. The van der Waals surface area contributed by atoms with Crippen LogP contribution in [0.4, 0.5) is 0 Å². The smallest absolute Gasteiger partial charge is 0.394 e. The Morgan fingerprint density at radius 1 is 0.941 bits per heavy atom. The summed E-state index contributed by atoms with van der Waals surface area (Å²) in [5.74, 6) is 0. The van der Waals surface area contributed by atoms with Gasteiger partial charge < -0.3 is 29.4 Å². The van der Waals surface area contributed by atoms with Gasteiger partial charge in [-0.25, -0.2) is 9.13 Å². The fraction of sp³-hybridized carbons (Fsp3) is 1.00. The van der Waals surface area contributed by atoms with Crippen LogP contribution in [0.5, 0.6) is 0 Å². The first kappa shape index (κ1) is 17.1. The van der Waals surface area contributed by atoms with Gasteiger partial charge in [-0.2, -0.15) is 0 Å². The van der Waals surface area contributed by atoms with Crippen molar-refractivity contribution in [2.45, 2.75) is 6.10 Å². The zero-order valence-electron chi connectivity index (χ0n) is 8.58. The Balaban J connectivity index is 4.14. The molecule has 0 saturated heterocycles. The average molecular weight is 296 g/mol. The molecule has 104 valence electrons. The highest BCUT2D eigenvalue weighted by Gasteiger charge is 2.22. The number of aliphatic hydroxyl groups excluding tert-OH is 1. The molecule has 0 rings (SSSR count). The van der Waals surface area contributed by atoms with E-state index in [-0.39, 0.29) is 13.2 Å². The van der Waals surface area contributed by atoms with Crippen molar-refractivity contribution in [3.8, 4) is 0 Å². The van der Waals surface area contributed by atoms with Crippen molar-refractivity contribution in [2.24, 2.45) is 0 Å². The van der Waals surface area contributed by atoms with Gasteiger partial charge in [0, 0.05) is 0 Å². The fourth-order valence-corrected chi connectivity index (χ4v) is 1.45. The second kappa shape index (κ2) is 7.55. The number of phosphoric acid groups is 2. The fourth-order valence-electron chi connectivity index (χ4n) is 0.724. The van der Waals surface area contributed by atoms with E-state index in [0.29, 0.717) is 0 Å². The van der Waals surface area contributed by atoms with E-state index in [2.05, 4.69) is 9.05 Å². The molecule has 0 saturated carbocycles. The van der Waals surface area contributed by atoms with Gasteiger partial charge in [0.15, 0.2) is 0 Å². The zero-order chi connectivity index (χ0) is 13.5. The third-order valence-corrected chi connectivity index (χ3v) is 2.27. The lowest BCUT2D eigenvalue weighted by Crippen LogP contribution is -2.26. The van der Waals surface area contributed by atoms with Crippen molar-refractivity contribution in [1.29, 1.82) is 0 Å². The van der Waals surface area contributed by atoms with Crippen LogP contribution in [0.25, 0.3) is 0 Å². The molecule has 0 bridgehead atoms. The van der Waals surface area contributed by atoms with Gasteiger partial charge >= 0.3 is 15.6 Å². The van der Waals surface area contributed by atoms with Gasteiger partial charge in [-0.15, -0.1) is 0 Å². The number of aliphatic hydroxyl groups is 1. The number of ether oxygens (including phenoxy) is 1. The first-order valence-electron chi connectivity index (χ1n) is 4.26. The standard InChI is InChI=1S/C5H14O10P2/c6-1-2-13-5(3-14-16(7,8)9)4-15-17(10,11)12/h5-6H,1-4H2,(H2,7,8,9)(H2,10,11,12). The van der Waals surface area contributed by atoms with Crippen molar-refractivity contribution < 1.29 is 47.6 Å². The van der Waals surface area contributed by atoms with Gasteiger partial charge in [0.05, 0.1) is 26.4 Å². The molecule has 0 aromatic rings. The zero-order valence-corrected chi connectivity index (χ0v) is 10.4. The lowest BCUT2D eigenvalue weighted by atomic mass is 10.4. The predicted octanol–water partition coefficient (Wildman–Crippen LogP) is -1.42. The average Bonchev–Trinajstić information content (AvgIpc) is 2.13. The highest BCUT2D eigenvalue weighted by atomic mass is 31.2. The molecule has 0 aliphatic heterocycles. The Morgan fingerprint density at radius 3 is 1.65 bits per heavy atom. The second-order valence-corrected chi connectivity index (χ2v) is 5.27. The Labute approximate surface area is 96.6 Å². The first-order chi connectivity index (χ1) is 7.64. The van der Waals surface area contributed by atoms with Crippen LogP contribution < -0.4 is 0 Å². The summed E-state index contributed by atoms with van der Waals surface area (Å²) in [5.41, 5.74) is 0. The lowest BCUT2D eigenvalue weighted by molar-refractivity contribution is -0.0300. The molecule has 5 N–H and O–H groups in total. The van der Waals surface area contributed by atoms with Gasteiger partial charge in [0.2, 0.25) is 0 Å². The van der Waals surface area contributed by atoms with Crippen LogP contribution in [0.15, 0.2) is 0 Å². The summed E-state index contributed by atoms with van der Waals surface area (Å²) in [6.07, 6.45) is -1.12. The number of hydrogen-bond acceptors (Lipinski definition) is 6. The summed E-state index contributed by atoms with van der Waals surface area (Å²) in [4.78, 5) is 33.6. The molecule has 0 atom stereocenters. The van der Waals surface area contributed by atoms with E-state index in [1.54, 1.807) is 0 Å². The van der Waals surface area contributed by atoms with Crippen LogP contribution in [-0.2, 0) is 22.9 Å². The SMILES string of the molecule is O=P(O)(O)OCC(COP(=O)(O)O)OCCO. The van der Waals surface area contributed by atoms with Crippen LogP contribution in [0, 0.1) is 0 Å². The summed E-state index contributed by atoms with van der Waals surface area (Å²) < 4.78 is 33.7. The number of rotatable bonds is 9. The largest absolute Gasteiger partial charge is 0.469 e. The van der Waals surface area contributed by atoms with Gasteiger partial charge in [0.25, 0.3) is 0 Å².